The summed E-state index contributed by atoms with van der Waals surface area (Å²) in [5, 5.41) is 0.0809. The third-order valence-corrected chi connectivity index (χ3v) is 4.43. The molecule has 1 atom stereocenters. The van der Waals surface area contributed by atoms with Gasteiger partial charge in [0.1, 0.15) is 5.82 Å². The number of halogens is 3. The van der Waals surface area contributed by atoms with Crippen molar-refractivity contribution >= 4 is 34.5 Å². The SMILES string of the molecule is Cc1cc(C(N)c2cccc(Cl)c2F)sc1Cl. The average Bonchev–Trinajstić information content (AvgIpc) is 2.62. The third kappa shape index (κ3) is 2.47. The first-order chi connectivity index (χ1) is 8.00. The Balaban J connectivity index is 2.43. The summed E-state index contributed by atoms with van der Waals surface area (Å²) >= 11 is 13.1. The summed E-state index contributed by atoms with van der Waals surface area (Å²) in [6.45, 7) is 1.89. The fourth-order valence-corrected chi connectivity index (χ4v) is 2.97. The van der Waals surface area contributed by atoms with Crippen LogP contribution in [0, 0.1) is 12.7 Å². The first-order valence-electron chi connectivity index (χ1n) is 4.96. The van der Waals surface area contributed by atoms with Gasteiger partial charge in [-0.15, -0.1) is 11.3 Å². The van der Waals surface area contributed by atoms with Crippen molar-refractivity contribution in [1.29, 1.82) is 0 Å². The standard InChI is InChI=1S/C12H10Cl2FNS/c1-6-5-9(17-12(6)14)11(16)7-3-2-4-8(13)10(7)15/h2-5,11H,16H2,1H3. The molecule has 0 aliphatic rings. The minimum Gasteiger partial charge on any atom is -0.320 e. The molecule has 0 saturated heterocycles. The van der Waals surface area contributed by atoms with Gasteiger partial charge in [0.2, 0.25) is 0 Å². The maximum atomic E-state index is 13.8. The average molecular weight is 290 g/mol. The van der Waals surface area contributed by atoms with Crippen LogP contribution in [0.25, 0.3) is 0 Å². The summed E-state index contributed by atoms with van der Waals surface area (Å²) in [4.78, 5) is 0.827. The molecule has 1 unspecified atom stereocenters. The second kappa shape index (κ2) is 4.94. The molecular formula is C12H10Cl2FNS. The first-order valence-corrected chi connectivity index (χ1v) is 6.53. The summed E-state index contributed by atoms with van der Waals surface area (Å²) in [6.07, 6.45) is 0. The number of thiophene rings is 1. The van der Waals surface area contributed by atoms with E-state index in [0.717, 1.165) is 10.4 Å². The quantitative estimate of drug-likeness (QED) is 0.862. The Morgan fingerprint density at radius 1 is 1.35 bits per heavy atom. The van der Waals surface area contributed by atoms with Crippen molar-refractivity contribution in [1.82, 2.24) is 0 Å². The topological polar surface area (TPSA) is 26.0 Å². The van der Waals surface area contributed by atoms with Crippen LogP contribution in [0.4, 0.5) is 4.39 Å². The zero-order valence-corrected chi connectivity index (χ0v) is 11.3. The van der Waals surface area contributed by atoms with E-state index in [1.165, 1.54) is 17.4 Å². The van der Waals surface area contributed by atoms with Crippen LogP contribution in [-0.4, -0.2) is 0 Å². The highest BCUT2D eigenvalue weighted by Gasteiger charge is 2.18. The van der Waals surface area contributed by atoms with E-state index in [1.807, 2.05) is 13.0 Å². The smallest absolute Gasteiger partial charge is 0.146 e. The van der Waals surface area contributed by atoms with Crippen LogP contribution < -0.4 is 5.73 Å². The Labute approximate surface area is 113 Å². The molecule has 90 valence electrons. The van der Waals surface area contributed by atoms with Gasteiger partial charge in [0.15, 0.2) is 0 Å². The van der Waals surface area contributed by atoms with E-state index < -0.39 is 11.9 Å². The Morgan fingerprint density at radius 3 is 2.65 bits per heavy atom. The fourth-order valence-electron chi connectivity index (χ4n) is 1.55. The van der Waals surface area contributed by atoms with E-state index >= 15 is 0 Å². The second-order valence-corrected chi connectivity index (χ2v) is 5.82. The molecule has 0 aliphatic heterocycles. The monoisotopic (exact) mass is 289 g/mol. The number of nitrogens with two attached hydrogens (primary N) is 1. The van der Waals surface area contributed by atoms with Crippen molar-refractivity contribution in [2.75, 3.05) is 0 Å². The van der Waals surface area contributed by atoms with Crippen LogP contribution in [0.15, 0.2) is 24.3 Å². The molecule has 0 saturated carbocycles. The molecule has 17 heavy (non-hydrogen) atoms. The molecule has 2 rings (SSSR count). The molecule has 0 bridgehead atoms. The maximum absolute atomic E-state index is 13.8. The lowest BCUT2D eigenvalue weighted by atomic mass is 10.1. The van der Waals surface area contributed by atoms with Crippen molar-refractivity contribution in [2.24, 2.45) is 5.73 Å². The van der Waals surface area contributed by atoms with E-state index in [4.69, 9.17) is 28.9 Å². The number of aryl methyl sites for hydroxylation is 1. The van der Waals surface area contributed by atoms with Crippen molar-refractivity contribution < 1.29 is 4.39 Å². The Hall–Kier alpha value is -0.610. The molecule has 1 nitrogen and oxygen atoms in total. The van der Waals surface area contributed by atoms with Crippen LogP contribution in [-0.2, 0) is 0 Å². The third-order valence-electron chi connectivity index (χ3n) is 2.50. The first kappa shape index (κ1) is 12.8. The molecule has 0 fully saturated rings. The van der Waals surface area contributed by atoms with E-state index in [2.05, 4.69) is 0 Å². The van der Waals surface area contributed by atoms with Crippen LogP contribution >= 0.6 is 34.5 Å². The van der Waals surface area contributed by atoms with Crippen LogP contribution in [0.1, 0.15) is 22.0 Å². The number of hydrogen-bond donors (Lipinski definition) is 1. The molecule has 2 N–H and O–H groups in total. The Morgan fingerprint density at radius 2 is 2.06 bits per heavy atom. The van der Waals surface area contributed by atoms with Gasteiger partial charge in [-0.25, -0.2) is 4.39 Å². The van der Waals surface area contributed by atoms with Crippen molar-refractivity contribution in [3.05, 3.63) is 55.4 Å². The molecule has 0 aliphatic carbocycles. The van der Waals surface area contributed by atoms with Gasteiger partial charge < -0.3 is 5.73 Å². The molecule has 1 aromatic carbocycles. The van der Waals surface area contributed by atoms with Gasteiger partial charge >= 0.3 is 0 Å². The maximum Gasteiger partial charge on any atom is 0.146 e. The largest absolute Gasteiger partial charge is 0.320 e. The molecular weight excluding hydrogens is 280 g/mol. The van der Waals surface area contributed by atoms with E-state index in [1.54, 1.807) is 12.1 Å². The van der Waals surface area contributed by atoms with Crippen LogP contribution in [0.5, 0.6) is 0 Å². The molecule has 1 heterocycles. The van der Waals surface area contributed by atoms with E-state index in [0.29, 0.717) is 9.90 Å². The fraction of sp³-hybridized carbons (Fsp3) is 0.167. The van der Waals surface area contributed by atoms with Gasteiger partial charge in [-0.1, -0.05) is 35.3 Å². The lowest BCUT2D eigenvalue weighted by Crippen LogP contribution is -2.12. The second-order valence-electron chi connectivity index (χ2n) is 3.73. The molecule has 0 radical (unpaired) electrons. The number of hydrogen-bond acceptors (Lipinski definition) is 2. The van der Waals surface area contributed by atoms with Gasteiger partial charge in [-0.3, -0.25) is 0 Å². The van der Waals surface area contributed by atoms with Crippen molar-refractivity contribution in [3.63, 3.8) is 0 Å². The summed E-state index contributed by atoms with van der Waals surface area (Å²) in [5.74, 6) is -0.469. The Bertz CT molecular complexity index is 534. The zero-order chi connectivity index (χ0) is 12.6. The number of rotatable bonds is 2. The van der Waals surface area contributed by atoms with Gasteiger partial charge in [0.25, 0.3) is 0 Å². The normalized spacial score (nSPS) is 12.8. The molecule has 0 spiro atoms. The van der Waals surface area contributed by atoms with Gasteiger partial charge in [0.05, 0.1) is 15.4 Å². The molecule has 1 aromatic heterocycles. The molecule has 2 aromatic rings. The zero-order valence-electron chi connectivity index (χ0n) is 9.01. The molecule has 5 heteroatoms. The minimum absolute atomic E-state index is 0.0809. The Kier molecular flexibility index (Phi) is 3.73. The van der Waals surface area contributed by atoms with Crippen LogP contribution in [0.3, 0.4) is 0 Å². The van der Waals surface area contributed by atoms with E-state index in [9.17, 15) is 4.39 Å². The van der Waals surface area contributed by atoms with Gasteiger partial charge in [-0.05, 0) is 24.6 Å². The van der Waals surface area contributed by atoms with Crippen molar-refractivity contribution in [2.45, 2.75) is 13.0 Å². The lowest BCUT2D eigenvalue weighted by molar-refractivity contribution is 0.601. The van der Waals surface area contributed by atoms with Gasteiger partial charge in [-0.2, -0.15) is 0 Å². The van der Waals surface area contributed by atoms with E-state index in [-0.39, 0.29) is 5.02 Å². The highest BCUT2D eigenvalue weighted by molar-refractivity contribution is 7.16. The summed E-state index contributed by atoms with van der Waals surface area (Å²) < 4.78 is 14.5. The summed E-state index contributed by atoms with van der Waals surface area (Å²) in [5.41, 5.74) is 7.35. The lowest BCUT2D eigenvalue weighted by Gasteiger charge is -2.11. The highest BCUT2D eigenvalue weighted by atomic mass is 35.5. The van der Waals surface area contributed by atoms with Gasteiger partial charge in [0, 0.05) is 10.4 Å². The number of benzene rings is 1. The highest BCUT2D eigenvalue weighted by Crippen LogP contribution is 2.34. The summed E-state index contributed by atoms with van der Waals surface area (Å²) in [6, 6.07) is 6.15. The van der Waals surface area contributed by atoms with Crippen molar-refractivity contribution in [3.8, 4) is 0 Å². The predicted octanol–water partition coefficient (Wildman–Crippen LogP) is 4.55. The molecule has 0 amide bonds. The predicted molar refractivity (Wildman–Crippen MR) is 71.5 cm³/mol. The van der Waals surface area contributed by atoms with Crippen LogP contribution in [0.2, 0.25) is 9.36 Å². The summed E-state index contributed by atoms with van der Waals surface area (Å²) in [7, 11) is 0. The minimum atomic E-state index is -0.537.